The van der Waals surface area contributed by atoms with Crippen molar-refractivity contribution in [2.75, 3.05) is 4.90 Å². The fraction of sp³-hybridized carbons (Fsp3) is 0.0732. The molecule has 0 unspecified atom stereocenters. The van der Waals surface area contributed by atoms with E-state index in [4.69, 9.17) is 0 Å². The minimum absolute atomic E-state index is 0.0697. The monoisotopic (exact) mass is 537 g/mol. The van der Waals surface area contributed by atoms with Gasteiger partial charge in [-0.3, -0.25) is 0 Å². The lowest BCUT2D eigenvalue weighted by Crippen LogP contribution is -2.16. The lowest BCUT2D eigenvalue weighted by Gasteiger charge is -2.30. The Morgan fingerprint density at radius 1 is 0.429 bits per heavy atom. The Balaban J connectivity index is 1.41. The molecule has 1 nitrogen and oxygen atoms in total. The molecule has 7 aromatic rings. The van der Waals surface area contributed by atoms with Crippen molar-refractivity contribution in [3.63, 3.8) is 0 Å². The van der Waals surface area contributed by atoms with Gasteiger partial charge in [0.15, 0.2) is 0 Å². The first-order chi connectivity index (χ1) is 20.6. The zero-order valence-electron chi connectivity index (χ0n) is 23.9. The summed E-state index contributed by atoms with van der Waals surface area (Å²) in [6.07, 6.45) is 0. The summed E-state index contributed by atoms with van der Waals surface area (Å²) in [5, 5.41) is 5.05. The van der Waals surface area contributed by atoms with Crippen LogP contribution in [0.1, 0.15) is 25.0 Å². The lowest BCUT2D eigenvalue weighted by molar-refractivity contribution is 0.660. The van der Waals surface area contributed by atoms with Crippen molar-refractivity contribution in [2.24, 2.45) is 0 Å². The predicted octanol–water partition coefficient (Wildman–Crippen LogP) is 11.4. The molecule has 0 N–H and O–H groups in total. The number of hydrogen-bond acceptors (Lipinski definition) is 1. The average molecular weight is 538 g/mol. The second kappa shape index (κ2) is 9.46. The number of rotatable bonds is 4. The van der Waals surface area contributed by atoms with Crippen molar-refractivity contribution >= 4 is 38.6 Å². The minimum atomic E-state index is -0.0697. The molecule has 1 aliphatic carbocycles. The fourth-order valence-electron chi connectivity index (χ4n) is 6.98. The molecule has 200 valence electrons. The van der Waals surface area contributed by atoms with E-state index in [0.29, 0.717) is 0 Å². The molecule has 0 aliphatic heterocycles. The van der Waals surface area contributed by atoms with Crippen molar-refractivity contribution in [1.82, 2.24) is 0 Å². The van der Waals surface area contributed by atoms with Crippen molar-refractivity contribution in [1.29, 1.82) is 0 Å². The molecule has 0 spiro atoms. The van der Waals surface area contributed by atoms with E-state index >= 15 is 0 Å². The van der Waals surface area contributed by atoms with Gasteiger partial charge in [0.1, 0.15) is 0 Å². The average Bonchev–Trinajstić information content (AvgIpc) is 3.29. The molecule has 0 radical (unpaired) electrons. The van der Waals surface area contributed by atoms with Gasteiger partial charge in [-0.1, -0.05) is 141 Å². The second-order valence-corrected chi connectivity index (χ2v) is 11.8. The summed E-state index contributed by atoms with van der Waals surface area (Å²) in [5.74, 6) is 0. The van der Waals surface area contributed by atoms with Crippen LogP contribution in [-0.2, 0) is 5.41 Å². The van der Waals surface area contributed by atoms with E-state index in [1.807, 2.05) is 0 Å². The molecular formula is C41H31N. The summed E-state index contributed by atoms with van der Waals surface area (Å²) >= 11 is 0. The first kappa shape index (κ1) is 24.6. The van der Waals surface area contributed by atoms with Gasteiger partial charge in [-0.05, 0) is 68.2 Å². The van der Waals surface area contributed by atoms with Crippen LogP contribution in [0.5, 0.6) is 0 Å². The number of nitrogens with zero attached hydrogens (tertiary/aromatic N) is 1. The molecule has 0 saturated carbocycles. The van der Waals surface area contributed by atoms with Gasteiger partial charge in [0.25, 0.3) is 0 Å². The van der Waals surface area contributed by atoms with Gasteiger partial charge in [0.05, 0.1) is 11.4 Å². The van der Waals surface area contributed by atoms with E-state index in [1.165, 1.54) is 66.3 Å². The third-order valence-electron chi connectivity index (χ3n) is 9.06. The maximum atomic E-state index is 2.48. The van der Waals surface area contributed by atoms with Gasteiger partial charge in [-0.15, -0.1) is 0 Å². The summed E-state index contributed by atoms with van der Waals surface area (Å²) < 4.78 is 0. The third kappa shape index (κ3) is 3.71. The van der Waals surface area contributed by atoms with Crippen LogP contribution in [0.3, 0.4) is 0 Å². The number of anilines is 3. The van der Waals surface area contributed by atoms with Crippen LogP contribution >= 0.6 is 0 Å². The Kier molecular flexibility index (Phi) is 5.55. The predicted molar refractivity (Wildman–Crippen MR) is 179 cm³/mol. The summed E-state index contributed by atoms with van der Waals surface area (Å²) in [5.41, 5.74) is 11.3. The number of fused-ring (bicyclic) bond motifs is 6. The van der Waals surface area contributed by atoms with Crippen LogP contribution < -0.4 is 4.90 Å². The standard InChI is InChI=1S/C41H31N/c1-41(2)36-18-9-8-16-35(36)40-37(41)19-11-21-39(40)42(31-25-22-29(23-26-31)28-12-4-3-5-13-28)38-20-10-17-33-32-15-7-6-14-30(32)24-27-34(33)38/h3-27H,1-2H3. The van der Waals surface area contributed by atoms with Gasteiger partial charge in [0, 0.05) is 22.1 Å². The summed E-state index contributed by atoms with van der Waals surface area (Å²) in [6, 6.07) is 55.4. The maximum Gasteiger partial charge on any atom is 0.0543 e. The lowest BCUT2D eigenvalue weighted by atomic mass is 9.82. The normalized spacial score (nSPS) is 13.2. The van der Waals surface area contributed by atoms with Crippen LogP contribution in [0.25, 0.3) is 43.8 Å². The molecule has 42 heavy (non-hydrogen) atoms. The Hall–Kier alpha value is -5.14. The molecule has 0 heterocycles. The van der Waals surface area contributed by atoms with E-state index in [2.05, 4.69) is 170 Å². The summed E-state index contributed by atoms with van der Waals surface area (Å²) in [6.45, 7) is 4.70. The van der Waals surface area contributed by atoms with E-state index in [9.17, 15) is 0 Å². The first-order valence-corrected chi connectivity index (χ1v) is 14.7. The Morgan fingerprint density at radius 2 is 1.07 bits per heavy atom. The Bertz CT molecular complexity index is 2100. The number of hydrogen-bond donors (Lipinski definition) is 0. The molecule has 0 saturated heterocycles. The van der Waals surface area contributed by atoms with Gasteiger partial charge < -0.3 is 4.90 Å². The number of benzene rings is 7. The molecule has 1 heteroatoms. The van der Waals surface area contributed by atoms with Crippen molar-refractivity contribution in [3.05, 3.63) is 163 Å². The van der Waals surface area contributed by atoms with E-state index < -0.39 is 0 Å². The van der Waals surface area contributed by atoms with Crippen molar-refractivity contribution in [3.8, 4) is 22.3 Å². The highest BCUT2D eigenvalue weighted by Gasteiger charge is 2.37. The molecule has 0 bridgehead atoms. The minimum Gasteiger partial charge on any atom is -0.309 e. The van der Waals surface area contributed by atoms with E-state index in [1.54, 1.807) is 0 Å². The molecule has 0 amide bonds. The van der Waals surface area contributed by atoms with Gasteiger partial charge in [-0.2, -0.15) is 0 Å². The van der Waals surface area contributed by atoms with E-state index in [-0.39, 0.29) is 5.41 Å². The molecular weight excluding hydrogens is 506 g/mol. The molecule has 1 aliphatic rings. The molecule has 0 aromatic heterocycles. The quantitative estimate of drug-likeness (QED) is 0.202. The van der Waals surface area contributed by atoms with Crippen LogP contribution in [0.15, 0.2) is 152 Å². The zero-order valence-corrected chi connectivity index (χ0v) is 23.9. The highest BCUT2D eigenvalue weighted by Crippen LogP contribution is 2.54. The molecule has 0 fully saturated rings. The maximum absolute atomic E-state index is 2.48. The fourth-order valence-corrected chi connectivity index (χ4v) is 6.98. The summed E-state index contributed by atoms with van der Waals surface area (Å²) in [7, 11) is 0. The van der Waals surface area contributed by atoms with Crippen LogP contribution in [0, 0.1) is 0 Å². The first-order valence-electron chi connectivity index (χ1n) is 14.7. The van der Waals surface area contributed by atoms with Gasteiger partial charge in [0.2, 0.25) is 0 Å². The molecule has 8 rings (SSSR count). The zero-order chi connectivity index (χ0) is 28.3. The Labute approximate surface area is 247 Å². The second-order valence-electron chi connectivity index (χ2n) is 11.8. The smallest absolute Gasteiger partial charge is 0.0543 e. The molecule has 0 atom stereocenters. The largest absolute Gasteiger partial charge is 0.309 e. The molecule has 7 aromatic carbocycles. The van der Waals surface area contributed by atoms with E-state index in [0.717, 1.165) is 5.69 Å². The highest BCUT2D eigenvalue weighted by molar-refractivity contribution is 6.13. The summed E-state index contributed by atoms with van der Waals surface area (Å²) in [4.78, 5) is 2.48. The van der Waals surface area contributed by atoms with Crippen LogP contribution in [0.4, 0.5) is 17.1 Å². The highest BCUT2D eigenvalue weighted by atomic mass is 15.1. The van der Waals surface area contributed by atoms with Crippen molar-refractivity contribution in [2.45, 2.75) is 19.3 Å². The van der Waals surface area contributed by atoms with Gasteiger partial charge in [-0.25, -0.2) is 0 Å². The van der Waals surface area contributed by atoms with Crippen molar-refractivity contribution < 1.29 is 0 Å². The van der Waals surface area contributed by atoms with Crippen LogP contribution in [-0.4, -0.2) is 0 Å². The third-order valence-corrected chi connectivity index (χ3v) is 9.06. The SMILES string of the molecule is CC1(C)c2ccccc2-c2c(N(c3ccc(-c4ccccc4)cc3)c3cccc4c3ccc3ccccc34)cccc21. The topological polar surface area (TPSA) is 3.24 Å². The van der Waals surface area contributed by atoms with Gasteiger partial charge >= 0.3 is 0 Å². The Morgan fingerprint density at radius 3 is 1.93 bits per heavy atom. The van der Waals surface area contributed by atoms with Crippen LogP contribution in [0.2, 0.25) is 0 Å².